The molecular formula is C17H15NO5. The first kappa shape index (κ1) is 14.9. The van der Waals surface area contributed by atoms with Gasteiger partial charge in [0, 0.05) is 11.1 Å². The number of benzene rings is 1. The van der Waals surface area contributed by atoms with Crippen LogP contribution >= 0.6 is 0 Å². The van der Waals surface area contributed by atoms with Gasteiger partial charge in [-0.25, -0.2) is 9.59 Å². The van der Waals surface area contributed by atoms with Crippen molar-refractivity contribution in [3.8, 4) is 17.0 Å². The van der Waals surface area contributed by atoms with E-state index in [1.165, 1.54) is 0 Å². The highest BCUT2D eigenvalue weighted by molar-refractivity contribution is 5.97. The normalized spacial score (nSPS) is 10.9. The van der Waals surface area contributed by atoms with Crippen molar-refractivity contribution in [2.75, 3.05) is 6.61 Å². The molecule has 6 heteroatoms. The van der Waals surface area contributed by atoms with Gasteiger partial charge in [0.15, 0.2) is 5.75 Å². The molecular weight excluding hydrogens is 298 g/mol. The summed E-state index contributed by atoms with van der Waals surface area (Å²) in [6, 6.07) is 8.67. The number of H-pyrrole nitrogens is 1. The summed E-state index contributed by atoms with van der Waals surface area (Å²) in [4.78, 5) is 27.0. The standard InChI is InChI=1S/C17H15NO5/c1-3-22-17(21)13-9(2)18-14(15(13)19)11-8-10-6-4-5-7-12(10)23-16(11)20/h4-8,18-19H,3H2,1-2H3. The number of esters is 1. The Bertz CT molecular complexity index is 951. The second-order valence-corrected chi connectivity index (χ2v) is 5.05. The number of ether oxygens (including phenoxy) is 1. The average Bonchev–Trinajstić information content (AvgIpc) is 2.81. The summed E-state index contributed by atoms with van der Waals surface area (Å²) < 4.78 is 10.2. The molecule has 0 amide bonds. The summed E-state index contributed by atoms with van der Waals surface area (Å²) in [6.07, 6.45) is 0. The fourth-order valence-corrected chi connectivity index (χ4v) is 2.50. The topological polar surface area (TPSA) is 92.5 Å². The average molecular weight is 313 g/mol. The van der Waals surface area contributed by atoms with Crippen molar-refractivity contribution in [1.82, 2.24) is 4.98 Å². The smallest absolute Gasteiger partial charge is 0.345 e. The molecule has 118 valence electrons. The van der Waals surface area contributed by atoms with Gasteiger partial charge in [0.1, 0.15) is 11.1 Å². The van der Waals surface area contributed by atoms with Gasteiger partial charge in [-0.1, -0.05) is 18.2 Å². The first-order valence-electron chi connectivity index (χ1n) is 7.14. The number of rotatable bonds is 3. The fourth-order valence-electron chi connectivity index (χ4n) is 2.50. The number of fused-ring (bicyclic) bond motifs is 1. The SMILES string of the molecule is CCOC(=O)c1c(C)[nH]c(-c2cc3ccccc3oc2=O)c1O. The molecule has 2 aromatic heterocycles. The lowest BCUT2D eigenvalue weighted by molar-refractivity contribution is 0.0522. The number of nitrogens with one attached hydrogen (secondary N) is 1. The maximum absolute atomic E-state index is 12.2. The number of aryl methyl sites for hydroxylation is 1. The van der Waals surface area contributed by atoms with E-state index in [0.717, 1.165) is 0 Å². The molecule has 0 spiro atoms. The van der Waals surface area contributed by atoms with Gasteiger partial charge in [0.25, 0.3) is 0 Å². The van der Waals surface area contributed by atoms with Crippen molar-refractivity contribution >= 4 is 16.9 Å². The Morgan fingerprint density at radius 1 is 1.35 bits per heavy atom. The lowest BCUT2D eigenvalue weighted by Crippen LogP contribution is -2.05. The van der Waals surface area contributed by atoms with Crippen LogP contribution in [0.15, 0.2) is 39.5 Å². The van der Waals surface area contributed by atoms with Crippen molar-refractivity contribution in [2.24, 2.45) is 0 Å². The van der Waals surface area contributed by atoms with Crippen LogP contribution in [-0.2, 0) is 4.74 Å². The molecule has 23 heavy (non-hydrogen) atoms. The maximum atomic E-state index is 12.2. The van der Waals surface area contributed by atoms with E-state index < -0.39 is 11.6 Å². The van der Waals surface area contributed by atoms with Crippen LogP contribution in [0.1, 0.15) is 23.0 Å². The van der Waals surface area contributed by atoms with Crippen molar-refractivity contribution in [1.29, 1.82) is 0 Å². The molecule has 3 aromatic rings. The Morgan fingerprint density at radius 3 is 2.83 bits per heavy atom. The lowest BCUT2D eigenvalue weighted by Gasteiger charge is -2.02. The van der Waals surface area contributed by atoms with E-state index in [1.54, 1.807) is 38.1 Å². The minimum Gasteiger partial charge on any atom is -0.505 e. The number of aromatic hydroxyl groups is 1. The summed E-state index contributed by atoms with van der Waals surface area (Å²) in [5.74, 6) is -0.960. The molecule has 2 N–H and O–H groups in total. The Hall–Kier alpha value is -3.02. The first-order valence-corrected chi connectivity index (χ1v) is 7.14. The van der Waals surface area contributed by atoms with Crippen LogP contribution in [0.2, 0.25) is 0 Å². The van der Waals surface area contributed by atoms with E-state index in [1.807, 2.05) is 6.07 Å². The monoisotopic (exact) mass is 313 g/mol. The van der Waals surface area contributed by atoms with Crippen LogP contribution in [0.3, 0.4) is 0 Å². The molecule has 1 aromatic carbocycles. The molecule has 2 heterocycles. The van der Waals surface area contributed by atoms with Crippen molar-refractivity contribution in [3.63, 3.8) is 0 Å². The van der Waals surface area contributed by atoms with Gasteiger partial charge in [0.05, 0.1) is 17.9 Å². The summed E-state index contributed by atoms with van der Waals surface area (Å²) >= 11 is 0. The van der Waals surface area contributed by atoms with Gasteiger partial charge in [-0.05, 0) is 26.0 Å². The first-order chi connectivity index (χ1) is 11.0. The summed E-state index contributed by atoms with van der Waals surface area (Å²) in [5, 5.41) is 11.1. The van der Waals surface area contributed by atoms with E-state index >= 15 is 0 Å². The minimum absolute atomic E-state index is 0.0226. The van der Waals surface area contributed by atoms with Crippen molar-refractivity contribution < 1.29 is 19.1 Å². The quantitative estimate of drug-likeness (QED) is 0.573. The number of hydrogen-bond donors (Lipinski definition) is 2. The molecule has 0 aliphatic carbocycles. The van der Waals surface area contributed by atoms with Crippen LogP contribution < -0.4 is 5.63 Å². The van der Waals surface area contributed by atoms with E-state index in [2.05, 4.69) is 4.98 Å². The van der Waals surface area contributed by atoms with Crippen LogP contribution in [0.4, 0.5) is 0 Å². The van der Waals surface area contributed by atoms with Gasteiger partial charge in [0.2, 0.25) is 0 Å². The molecule has 0 saturated carbocycles. The number of hydrogen-bond acceptors (Lipinski definition) is 5. The predicted molar refractivity (Wildman–Crippen MR) is 84.6 cm³/mol. The van der Waals surface area contributed by atoms with Crippen LogP contribution in [0.5, 0.6) is 5.75 Å². The highest BCUT2D eigenvalue weighted by Crippen LogP contribution is 2.34. The van der Waals surface area contributed by atoms with Crippen LogP contribution in [0.25, 0.3) is 22.2 Å². The molecule has 0 unspecified atom stereocenters. The molecule has 0 aliphatic heterocycles. The largest absolute Gasteiger partial charge is 0.505 e. The van der Waals surface area contributed by atoms with Gasteiger partial charge >= 0.3 is 11.6 Å². The molecule has 0 aliphatic rings. The zero-order chi connectivity index (χ0) is 16.6. The Kier molecular flexibility index (Phi) is 3.65. The lowest BCUT2D eigenvalue weighted by atomic mass is 10.1. The number of para-hydroxylation sites is 1. The Morgan fingerprint density at radius 2 is 2.09 bits per heavy atom. The van der Waals surface area contributed by atoms with Gasteiger partial charge in [-0.3, -0.25) is 0 Å². The number of carbonyl (C=O) groups excluding carboxylic acids is 1. The molecule has 0 radical (unpaired) electrons. The van der Waals surface area contributed by atoms with Crippen molar-refractivity contribution in [3.05, 3.63) is 52.0 Å². The van der Waals surface area contributed by atoms with E-state index in [4.69, 9.17) is 9.15 Å². The molecule has 0 bridgehead atoms. The highest BCUT2D eigenvalue weighted by Gasteiger charge is 2.24. The second kappa shape index (κ2) is 5.64. The molecule has 0 saturated heterocycles. The number of aromatic amines is 1. The molecule has 0 fully saturated rings. The number of aromatic nitrogens is 1. The third kappa shape index (κ3) is 2.48. The number of carbonyl (C=O) groups is 1. The van der Waals surface area contributed by atoms with Crippen molar-refractivity contribution in [2.45, 2.75) is 13.8 Å². The maximum Gasteiger partial charge on any atom is 0.345 e. The Labute approximate surface area is 131 Å². The van der Waals surface area contributed by atoms with Crippen LogP contribution in [0, 0.1) is 6.92 Å². The summed E-state index contributed by atoms with van der Waals surface area (Å²) in [6.45, 7) is 3.49. The van der Waals surface area contributed by atoms with E-state index in [0.29, 0.717) is 16.7 Å². The third-order valence-corrected chi connectivity index (χ3v) is 3.55. The zero-order valence-corrected chi connectivity index (χ0v) is 12.7. The van der Waals surface area contributed by atoms with Crippen LogP contribution in [-0.4, -0.2) is 22.7 Å². The van der Waals surface area contributed by atoms with Gasteiger partial charge < -0.3 is 19.2 Å². The minimum atomic E-state index is -0.643. The molecule has 6 nitrogen and oxygen atoms in total. The molecule has 0 atom stereocenters. The van der Waals surface area contributed by atoms with E-state index in [9.17, 15) is 14.7 Å². The highest BCUT2D eigenvalue weighted by atomic mass is 16.5. The predicted octanol–water partition coefficient (Wildman–Crippen LogP) is 2.98. The van der Waals surface area contributed by atoms with Gasteiger partial charge in [-0.2, -0.15) is 0 Å². The fraction of sp³-hybridized carbons (Fsp3) is 0.176. The zero-order valence-electron chi connectivity index (χ0n) is 12.7. The summed E-state index contributed by atoms with van der Waals surface area (Å²) in [7, 11) is 0. The second-order valence-electron chi connectivity index (χ2n) is 5.05. The van der Waals surface area contributed by atoms with E-state index in [-0.39, 0.29) is 29.2 Å². The van der Waals surface area contributed by atoms with Gasteiger partial charge in [-0.15, -0.1) is 0 Å². The molecule has 3 rings (SSSR count). The third-order valence-electron chi connectivity index (χ3n) is 3.55. The summed E-state index contributed by atoms with van der Waals surface area (Å²) in [5.41, 5.74) is 0.591. The Balaban J connectivity index is 2.20.